The predicted octanol–water partition coefficient (Wildman–Crippen LogP) is 1.53. The molecule has 0 bridgehead atoms. The third-order valence-corrected chi connectivity index (χ3v) is 5.29. The number of ether oxygens (including phenoxy) is 1. The molecule has 3 atom stereocenters. The minimum Gasteiger partial charge on any atom is -0.391 e. The predicted molar refractivity (Wildman–Crippen MR) is 101 cm³/mol. The van der Waals surface area contributed by atoms with Crippen molar-refractivity contribution in [2.45, 2.75) is 50.3 Å². The zero-order valence-corrected chi connectivity index (χ0v) is 15.4. The fourth-order valence-corrected chi connectivity index (χ4v) is 3.83. The van der Waals surface area contributed by atoms with E-state index in [1.54, 1.807) is 0 Å². The normalized spacial score (nSPS) is 25.4. The summed E-state index contributed by atoms with van der Waals surface area (Å²) in [6.45, 7) is 4.10. The minimum absolute atomic E-state index is 0.0243. The molecule has 3 rings (SSSR count). The van der Waals surface area contributed by atoms with Crippen LogP contribution in [-0.4, -0.2) is 67.1 Å². The quantitative estimate of drug-likeness (QED) is 0.718. The van der Waals surface area contributed by atoms with Gasteiger partial charge in [0.2, 0.25) is 0 Å². The first-order chi connectivity index (χ1) is 12.7. The second kappa shape index (κ2) is 9.90. The van der Waals surface area contributed by atoms with E-state index >= 15 is 0 Å². The van der Waals surface area contributed by atoms with Gasteiger partial charge in [-0.05, 0) is 24.8 Å². The summed E-state index contributed by atoms with van der Waals surface area (Å²) in [5.41, 5.74) is 1.21. The van der Waals surface area contributed by atoms with E-state index in [1.807, 2.05) is 18.2 Å². The van der Waals surface area contributed by atoms with E-state index in [4.69, 9.17) is 4.74 Å². The van der Waals surface area contributed by atoms with Gasteiger partial charge in [-0.15, -0.1) is 0 Å². The molecule has 1 aliphatic carbocycles. The molecule has 26 heavy (non-hydrogen) atoms. The summed E-state index contributed by atoms with van der Waals surface area (Å²) < 4.78 is 5.42. The molecule has 3 N–H and O–H groups in total. The van der Waals surface area contributed by atoms with Gasteiger partial charge in [0.15, 0.2) is 0 Å². The Morgan fingerprint density at radius 2 is 1.92 bits per heavy atom. The molecule has 2 aliphatic rings. The molecule has 6 nitrogen and oxygen atoms in total. The van der Waals surface area contributed by atoms with Crippen LogP contribution in [0.25, 0.3) is 0 Å². The number of amides is 2. The summed E-state index contributed by atoms with van der Waals surface area (Å²) in [5.74, 6) is 0. The molecule has 0 aromatic heterocycles. The molecule has 0 radical (unpaired) electrons. The van der Waals surface area contributed by atoms with E-state index in [1.165, 1.54) is 5.56 Å². The first-order valence-electron chi connectivity index (χ1n) is 9.80. The molecule has 1 aromatic carbocycles. The molecule has 0 spiro atoms. The monoisotopic (exact) mass is 361 g/mol. The van der Waals surface area contributed by atoms with Gasteiger partial charge in [0.1, 0.15) is 0 Å². The summed E-state index contributed by atoms with van der Waals surface area (Å²) in [5, 5.41) is 16.2. The van der Waals surface area contributed by atoms with Crippen molar-refractivity contribution >= 4 is 6.03 Å². The Labute approximate surface area is 155 Å². The number of rotatable bonds is 6. The number of hydrogen-bond donors (Lipinski definition) is 3. The molecule has 144 valence electrons. The maximum atomic E-state index is 12.5. The van der Waals surface area contributed by atoms with Crippen LogP contribution in [0.4, 0.5) is 4.79 Å². The van der Waals surface area contributed by atoms with Crippen LogP contribution in [0.15, 0.2) is 30.3 Å². The zero-order chi connectivity index (χ0) is 18.2. The number of aliphatic hydroxyl groups is 1. The Hall–Kier alpha value is -1.63. The Morgan fingerprint density at radius 3 is 2.65 bits per heavy atom. The summed E-state index contributed by atoms with van der Waals surface area (Å²) in [6, 6.07) is 9.96. The van der Waals surface area contributed by atoms with Crippen LogP contribution in [0.2, 0.25) is 0 Å². The van der Waals surface area contributed by atoms with Crippen molar-refractivity contribution in [3.63, 3.8) is 0 Å². The van der Waals surface area contributed by atoms with E-state index in [2.05, 4.69) is 27.7 Å². The molecular weight excluding hydrogens is 330 g/mol. The third kappa shape index (κ3) is 5.97. The van der Waals surface area contributed by atoms with Crippen molar-refractivity contribution in [3.8, 4) is 0 Å². The highest BCUT2D eigenvalue weighted by Crippen LogP contribution is 2.18. The lowest BCUT2D eigenvalue weighted by atomic mass is 9.93. The second-order valence-electron chi connectivity index (χ2n) is 7.38. The van der Waals surface area contributed by atoms with Crippen molar-refractivity contribution in [3.05, 3.63) is 35.9 Å². The van der Waals surface area contributed by atoms with E-state index in [-0.39, 0.29) is 18.1 Å². The van der Waals surface area contributed by atoms with Gasteiger partial charge in [0.25, 0.3) is 0 Å². The van der Waals surface area contributed by atoms with Crippen molar-refractivity contribution in [2.24, 2.45) is 0 Å². The number of carbonyl (C=O) groups excluding carboxylic acids is 1. The Bertz CT molecular complexity index is 548. The van der Waals surface area contributed by atoms with Crippen LogP contribution in [0.1, 0.15) is 31.2 Å². The smallest absolute Gasteiger partial charge is 0.315 e. The standard InChI is InChI=1S/C20H31N3O3/c24-19-9-5-4-8-18(19)22-20(25)21-17(14-16-6-2-1-3-7-16)15-23-10-12-26-13-11-23/h1-3,6-7,17-19,24H,4-5,8-15H2,(H2,21,22,25)/t17?,18-,19-/m0/s1. The summed E-state index contributed by atoms with van der Waals surface area (Å²) in [7, 11) is 0. The van der Waals surface area contributed by atoms with Crippen LogP contribution >= 0.6 is 0 Å². The topological polar surface area (TPSA) is 73.8 Å². The van der Waals surface area contributed by atoms with Crippen LogP contribution in [0.3, 0.4) is 0 Å². The number of urea groups is 1. The van der Waals surface area contributed by atoms with Gasteiger partial charge in [-0.1, -0.05) is 43.2 Å². The molecule has 1 saturated heterocycles. The van der Waals surface area contributed by atoms with Crippen molar-refractivity contribution < 1.29 is 14.6 Å². The van der Waals surface area contributed by atoms with Gasteiger partial charge in [-0.25, -0.2) is 4.79 Å². The maximum Gasteiger partial charge on any atom is 0.315 e. The van der Waals surface area contributed by atoms with Gasteiger partial charge in [0.05, 0.1) is 25.4 Å². The number of nitrogens with zero attached hydrogens (tertiary/aromatic N) is 1. The van der Waals surface area contributed by atoms with Crippen LogP contribution in [-0.2, 0) is 11.2 Å². The fourth-order valence-electron chi connectivity index (χ4n) is 3.83. The molecule has 1 heterocycles. The largest absolute Gasteiger partial charge is 0.391 e. The van der Waals surface area contributed by atoms with Gasteiger partial charge >= 0.3 is 6.03 Å². The Balaban J connectivity index is 1.57. The first-order valence-corrected chi connectivity index (χ1v) is 9.80. The molecule has 6 heteroatoms. The maximum absolute atomic E-state index is 12.5. The summed E-state index contributed by atoms with van der Waals surface area (Å²) in [4.78, 5) is 14.9. The highest BCUT2D eigenvalue weighted by atomic mass is 16.5. The first kappa shape index (κ1) is 19.1. The molecule has 2 fully saturated rings. The molecule has 1 saturated carbocycles. The molecule has 1 unspecified atom stereocenters. The second-order valence-corrected chi connectivity index (χ2v) is 7.38. The lowest BCUT2D eigenvalue weighted by Gasteiger charge is -2.32. The van der Waals surface area contributed by atoms with Gasteiger partial charge in [-0.2, -0.15) is 0 Å². The molecule has 2 amide bonds. The number of hydrogen-bond acceptors (Lipinski definition) is 4. The average molecular weight is 361 g/mol. The van der Waals surface area contributed by atoms with Crippen molar-refractivity contribution in [1.29, 1.82) is 0 Å². The lowest BCUT2D eigenvalue weighted by molar-refractivity contribution is 0.0339. The van der Waals surface area contributed by atoms with Crippen LogP contribution in [0.5, 0.6) is 0 Å². The highest BCUT2D eigenvalue weighted by Gasteiger charge is 2.26. The average Bonchev–Trinajstić information content (AvgIpc) is 2.65. The Kier molecular flexibility index (Phi) is 7.29. The van der Waals surface area contributed by atoms with Gasteiger partial charge in [-0.3, -0.25) is 4.90 Å². The zero-order valence-electron chi connectivity index (χ0n) is 15.4. The summed E-state index contributed by atoms with van der Waals surface area (Å²) >= 11 is 0. The third-order valence-electron chi connectivity index (χ3n) is 5.29. The Morgan fingerprint density at radius 1 is 1.19 bits per heavy atom. The summed E-state index contributed by atoms with van der Waals surface area (Å²) in [6.07, 6.45) is 4.07. The molecule has 1 aliphatic heterocycles. The SMILES string of the molecule is O=C(NC(Cc1ccccc1)CN1CCOCC1)N[C@H]1CCCC[C@@H]1O. The number of aliphatic hydroxyl groups excluding tert-OH is 1. The number of morpholine rings is 1. The fraction of sp³-hybridized carbons (Fsp3) is 0.650. The van der Waals surface area contributed by atoms with Crippen LogP contribution in [0, 0.1) is 0 Å². The highest BCUT2D eigenvalue weighted by molar-refractivity contribution is 5.74. The van der Waals surface area contributed by atoms with E-state index in [0.717, 1.165) is 65.0 Å². The lowest BCUT2D eigenvalue weighted by Crippen LogP contribution is -2.54. The number of carbonyl (C=O) groups is 1. The van der Waals surface area contributed by atoms with E-state index in [0.29, 0.717) is 0 Å². The minimum atomic E-state index is -0.429. The number of benzene rings is 1. The van der Waals surface area contributed by atoms with Crippen LogP contribution < -0.4 is 10.6 Å². The molecular formula is C20H31N3O3. The molecule has 1 aromatic rings. The van der Waals surface area contributed by atoms with Gasteiger partial charge in [0, 0.05) is 25.7 Å². The van der Waals surface area contributed by atoms with Gasteiger partial charge < -0.3 is 20.5 Å². The van der Waals surface area contributed by atoms with E-state index < -0.39 is 6.10 Å². The van der Waals surface area contributed by atoms with Crippen molar-refractivity contribution in [1.82, 2.24) is 15.5 Å². The van der Waals surface area contributed by atoms with E-state index in [9.17, 15) is 9.90 Å². The van der Waals surface area contributed by atoms with Crippen molar-refractivity contribution in [2.75, 3.05) is 32.8 Å². The number of nitrogens with one attached hydrogen (secondary N) is 2.